The third-order valence-corrected chi connectivity index (χ3v) is 4.00. The van der Waals surface area contributed by atoms with Crippen LogP contribution in [0.1, 0.15) is 44.6 Å². The molecule has 0 aromatic carbocycles. The minimum Gasteiger partial charge on any atom is -0.385 e. The van der Waals surface area contributed by atoms with Crippen molar-refractivity contribution >= 4 is 17.3 Å². The molecule has 0 aliphatic rings. The van der Waals surface area contributed by atoms with E-state index in [-0.39, 0.29) is 0 Å². The van der Waals surface area contributed by atoms with Gasteiger partial charge in [0.2, 0.25) is 0 Å². The molecule has 1 aromatic rings. The Hall–Kier alpha value is -1.07. The molecule has 1 unspecified atom stereocenters. The molecular weight excluding hydrogens is 282 g/mol. The van der Waals surface area contributed by atoms with E-state index < -0.39 is 0 Å². The first-order valence-electron chi connectivity index (χ1n) is 7.81. The summed E-state index contributed by atoms with van der Waals surface area (Å²) in [6.45, 7) is 7.84. The van der Waals surface area contributed by atoms with Crippen molar-refractivity contribution < 1.29 is 4.74 Å². The fourth-order valence-corrected chi connectivity index (χ4v) is 2.77. The summed E-state index contributed by atoms with van der Waals surface area (Å²) in [4.78, 5) is 4.68. The Labute approximate surface area is 133 Å². The van der Waals surface area contributed by atoms with Crippen molar-refractivity contribution in [2.75, 3.05) is 33.4 Å². The van der Waals surface area contributed by atoms with Crippen LogP contribution in [-0.4, -0.2) is 39.3 Å². The Balaban J connectivity index is 2.29. The van der Waals surface area contributed by atoms with Crippen LogP contribution in [-0.2, 0) is 4.74 Å². The van der Waals surface area contributed by atoms with Gasteiger partial charge in [0.05, 0.1) is 0 Å². The second-order valence-electron chi connectivity index (χ2n) is 5.16. The molecule has 0 aliphatic carbocycles. The minimum atomic E-state index is 0.466. The molecular formula is C16H29N3OS. The van der Waals surface area contributed by atoms with Crippen molar-refractivity contribution in [1.82, 2.24) is 10.6 Å². The van der Waals surface area contributed by atoms with Crippen molar-refractivity contribution in [2.45, 2.75) is 39.0 Å². The average Bonchev–Trinajstić information content (AvgIpc) is 3.02. The summed E-state index contributed by atoms with van der Waals surface area (Å²) in [6.07, 6.45) is 3.46. The van der Waals surface area contributed by atoms with Gasteiger partial charge in [-0.25, -0.2) is 0 Å². The zero-order chi connectivity index (χ0) is 15.3. The summed E-state index contributed by atoms with van der Waals surface area (Å²) in [7, 11) is 1.75. The Morgan fingerprint density at radius 2 is 2.19 bits per heavy atom. The summed E-state index contributed by atoms with van der Waals surface area (Å²) < 4.78 is 5.05. The lowest BCUT2D eigenvalue weighted by Crippen LogP contribution is -2.38. The lowest BCUT2D eigenvalue weighted by Gasteiger charge is -2.13. The molecule has 0 radical (unpaired) electrons. The number of rotatable bonds is 10. The second-order valence-corrected chi connectivity index (χ2v) is 5.94. The summed E-state index contributed by atoms with van der Waals surface area (Å²) >= 11 is 1.75. The van der Waals surface area contributed by atoms with Gasteiger partial charge in [-0.1, -0.05) is 6.92 Å². The van der Waals surface area contributed by atoms with Crippen LogP contribution >= 0.6 is 11.3 Å². The average molecular weight is 311 g/mol. The highest BCUT2D eigenvalue weighted by Crippen LogP contribution is 2.18. The number of guanidine groups is 1. The lowest BCUT2D eigenvalue weighted by atomic mass is 10.1. The predicted octanol–water partition coefficient (Wildman–Crippen LogP) is 3.22. The van der Waals surface area contributed by atoms with Crippen molar-refractivity contribution in [3.63, 3.8) is 0 Å². The molecule has 1 heterocycles. The number of nitrogens with one attached hydrogen (secondary N) is 2. The fraction of sp³-hybridized carbons (Fsp3) is 0.688. The van der Waals surface area contributed by atoms with Crippen molar-refractivity contribution in [2.24, 2.45) is 4.99 Å². The number of hydrogen-bond acceptors (Lipinski definition) is 3. The van der Waals surface area contributed by atoms with E-state index in [4.69, 9.17) is 4.74 Å². The molecule has 0 aliphatic heterocycles. The molecule has 5 heteroatoms. The number of nitrogens with zero attached hydrogens (tertiary/aromatic N) is 1. The molecule has 21 heavy (non-hydrogen) atoms. The van der Waals surface area contributed by atoms with Crippen molar-refractivity contribution in [1.29, 1.82) is 0 Å². The van der Waals surface area contributed by atoms with E-state index >= 15 is 0 Å². The largest absolute Gasteiger partial charge is 0.385 e. The predicted molar refractivity (Wildman–Crippen MR) is 92.4 cm³/mol. The van der Waals surface area contributed by atoms with E-state index in [0.717, 1.165) is 45.0 Å². The van der Waals surface area contributed by atoms with Gasteiger partial charge in [0, 0.05) is 39.3 Å². The van der Waals surface area contributed by atoms with Crippen LogP contribution in [0, 0.1) is 0 Å². The van der Waals surface area contributed by atoms with Gasteiger partial charge in [0.1, 0.15) is 0 Å². The number of hydrogen-bond donors (Lipinski definition) is 2. The normalized spacial score (nSPS) is 13.2. The number of aliphatic imine (C=N–C) groups is 1. The highest BCUT2D eigenvalue weighted by Gasteiger charge is 2.05. The van der Waals surface area contributed by atoms with Crippen LogP contribution in [0.4, 0.5) is 0 Å². The highest BCUT2D eigenvalue weighted by atomic mass is 32.1. The lowest BCUT2D eigenvalue weighted by molar-refractivity contribution is 0.192. The summed E-state index contributed by atoms with van der Waals surface area (Å²) in [5.74, 6) is 1.39. The number of unbranched alkanes of at least 4 members (excludes halogenated alkanes) is 2. The Morgan fingerprint density at radius 1 is 1.33 bits per heavy atom. The van der Waals surface area contributed by atoms with Crippen LogP contribution < -0.4 is 10.6 Å². The zero-order valence-electron chi connectivity index (χ0n) is 13.5. The molecule has 1 atom stereocenters. The third kappa shape index (κ3) is 8.07. The molecule has 1 aromatic heterocycles. The maximum absolute atomic E-state index is 5.05. The molecule has 2 N–H and O–H groups in total. The van der Waals surface area contributed by atoms with Crippen LogP contribution in [0.2, 0.25) is 0 Å². The summed E-state index contributed by atoms with van der Waals surface area (Å²) in [6, 6.07) is 2.18. The van der Waals surface area contributed by atoms with Gasteiger partial charge >= 0.3 is 0 Å². The van der Waals surface area contributed by atoms with E-state index in [1.54, 1.807) is 18.4 Å². The molecule has 120 valence electrons. The fourth-order valence-electron chi connectivity index (χ4n) is 1.99. The summed E-state index contributed by atoms with van der Waals surface area (Å²) in [5.41, 5.74) is 1.37. The summed E-state index contributed by atoms with van der Waals surface area (Å²) in [5, 5.41) is 11.0. The number of methoxy groups -OCH3 is 1. The molecule has 0 saturated carbocycles. The van der Waals surface area contributed by atoms with Gasteiger partial charge in [-0.15, -0.1) is 0 Å². The van der Waals surface area contributed by atoms with Gasteiger partial charge in [-0.2, -0.15) is 11.3 Å². The van der Waals surface area contributed by atoms with E-state index in [0.29, 0.717) is 5.92 Å². The first-order chi connectivity index (χ1) is 10.3. The van der Waals surface area contributed by atoms with E-state index in [1.165, 1.54) is 12.0 Å². The van der Waals surface area contributed by atoms with Crippen LogP contribution in [0.25, 0.3) is 0 Å². The van der Waals surface area contributed by atoms with Gasteiger partial charge in [-0.05, 0) is 48.6 Å². The molecule has 1 rings (SSSR count). The second kappa shape index (κ2) is 11.6. The maximum atomic E-state index is 5.05. The zero-order valence-corrected chi connectivity index (χ0v) is 14.3. The van der Waals surface area contributed by atoms with Crippen molar-refractivity contribution in [3.05, 3.63) is 22.4 Å². The van der Waals surface area contributed by atoms with E-state index in [9.17, 15) is 0 Å². The SMILES string of the molecule is CCNC(=NCC(C)c1ccsc1)NCCCCCOC. The quantitative estimate of drug-likeness (QED) is 0.396. The molecule has 0 spiro atoms. The molecule has 0 fully saturated rings. The smallest absolute Gasteiger partial charge is 0.191 e. The first kappa shape index (κ1) is 18.0. The van der Waals surface area contributed by atoms with E-state index in [1.807, 2.05) is 0 Å². The molecule has 0 bridgehead atoms. The van der Waals surface area contributed by atoms with Gasteiger partial charge < -0.3 is 15.4 Å². The van der Waals surface area contributed by atoms with E-state index in [2.05, 4.69) is 46.3 Å². The molecule has 0 saturated heterocycles. The van der Waals surface area contributed by atoms with Crippen LogP contribution in [0.3, 0.4) is 0 Å². The van der Waals surface area contributed by atoms with Crippen LogP contribution in [0.15, 0.2) is 21.8 Å². The standard InChI is InChI=1S/C16H29N3OS/c1-4-17-16(18-9-6-5-7-10-20-3)19-12-14(2)15-8-11-21-13-15/h8,11,13-14H,4-7,9-10,12H2,1-3H3,(H2,17,18,19). The maximum Gasteiger partial charge on any atom is 0.191 e. The van der Waals surface area contributed by atoms with Gasteiger partial charge in [0.15, 0.2) is 5.96 Å². The molecule has 0 amide bonds. The first-order valence-corrected chi connectivity index (χ1v) is 8.75. The van der Waals surface area contributed by atoms with Gasteiger partial charge in [-0.3, -0.25) is 4.99 Å². The minimum absolute atomic E-state index is 0.466. The Kier molecular flexibility index (Phi) is 9.91. The topological polar surface area (TPSA) is 45.7 Å². The van der Waals surface area contributed by atoms with Crippen molar-refractivity contribution in [3.8, 4) is 0 Å². The van der Waals surface area contributed by atoms with Gasteiger partial charge in [0.25, 0.3) is 0 Å². The highest BCUT2D eigenvalue weighted by molar-refractivity contribution is 7.07. The monoisotopic (exact) mass is 311 g/mol. The Morgan fingerprint density at radius 3 is 2.86 bits per heavy atom. The number of thiophene rings is 1. The van der Waals surface area contributed by atoms with Crippen LogP contribution in [0.5, 0.6) is 0 Å². The Bertz CT molecular complexity index is 379. The number of ether oxygens (including phenoxy) is 1. The molecule has 4 nitrogen and oxygen atoms in total. The third-order valence-electron chi connectivity index (χ3n) is 3.30.